The van der Waals surface area contributed by atoms with E-state index in [0.29, 0.717) is 18.3 Å². The minimum atomic E-state index is -0.555. The molecule has 2 heterocycles. The molecular formula is C17H20N4O2. The third-order valence-corrected chi connectivity index (χ3v) is 3.95. The van der Waals surface area contributed by atoms with Crippen LogP contribution >= 0.6 is 0 Å². The quantitative estimate of drug-likeness (QED) is 0.911. The van der Waals surface area contributed by atoms with Gasteiger partial charge in [0.1, 0.15) is 17.3 Å². The van der Waals surface area contributed by atoms with Crippen LogP contribution in [0.15, 0.2) is 42.7 Å². The molecule has 1 aliphatic heterocycles. The van der Waals surface area contributed by atoms with Crippen LogP contribution in [0.3, 0.4) is 0 Å². The molecule has 0 spiro atoms. The Morgan fingerprint density at radius 2 is 2.13 bits per heavy atom. The zero-order valence-corrected chi connectivity index (χ0v) is 12.9. The number of aromatic nitrogens is 2. The summed E-state index contributed by atoms with van der Waals surface area (Å²) in [4.78, 5) is 21.7. The van der Waals surface area contributed by atoms with E-state index < -0.39 is 5.91 Å². The first-order chi connectivity index (χ1) is 11.2. The van der Waals surface area contributed by atoms with Gasteiger partial charge >= 0.3 is 0 Å². The van der Waals surface area contributed by atoms with Gasteiger partial charge in [-0.15, -0.1) is 0 Å². The summed E-state index contributed by atoms with van der Waals surface area (Å²) in [6.07, 6.45) is 5.25. The van der Waals surface area contributed by atoms with Crippen LogP contribution in [0.5, 0.6) is 5.75 Å². The molecule has 23 heavy (non-hydrogen) atoms. The van der Waals surface area contributed by atoms with Gasteiger partial charge in [0.25, 0.3) is 5.91 Å². The SMILES string of the molecule is NC(=O)c1cncc(N2CCCC(COc3ccccc3)C2)n1. The number of hydrogen-bond acceptors (Lipinski definition) is 5. The lowest BCUT2D eigenvalue weighted by atomic mass is 9.99. The second-order valence-electron chi connectivity index (χ2n) is 5.71. The molecule has 2 aromatic rings. The summed E-state index contributed by atoms with van der Waals surface area (Å²) in [7, 11) is 0. The molecule has 1 aliphatic rings. The highest BCUT2D eigenvalue weighted by molar-refractivity contribution is 5.90. The third-order valence-electron chi connectivity index (χ3n) is 3.95. The normalized spacial score (nSPS) is 17.7. The number of nitrogens with zero attached hydrogens (tertiary/aromatic N) is 3. The lowest BCUT2D eigenvalue weighted by Crippen LogP contribution is -2.38. The summed E-state index contributed by atoms with van der Waals surface area (Å²) >= 11 is 0. The van der Waals surface area contributed by atoms with Crippen LogP contribution in [0.2, 0.25) is 0 Å². The Kier molecular flexibility index (Phi) is 4.71. The predicted molar refractivity (Wildman–Crippen MR) is 87.4 cm³/mol. The number of primary amides is 1. The molecule has 1 amide bonds. The van der Waals surface area contributed by atoms with Gasteiger partial charge in [-0.3, -0.25) is 9.78 Å². The Labute approximate surface area is 135 Å². The maximum atomic E-state index is 11.2. The zero-order valence-electron chi connectivity index (χ0n) is 12.9. The van der Waals surface area contributed by atoms with Gasteiger partial charge in [0, 0.05) is 19.0 Å². The van der Waals surface area contributed by atoms with Gasteiger partial charge in [0.2, 0.25) is 0 Å². The standard InChI is InChI=1S/C17H20N4O2/c18-17(22)15-9-19-10-16(20-15)21-8-4-5-13(11-21)12-23-14-6-2-1-3-7-14/h1-3,6-7,9-10,13H,4-5,8,11-12H2,(H2,18,22). The van der Waals surface area contributed by atoms with Crippen molar-refractivity contribution >= 4 is 11.7 Å². The molecule has 1 aromatic heterocycles. The molecule has 0 saturated carbocycles. The molecule has 1 unspecified atom stereocenters. The number of ether oxygens (including phenoxy) is 1. The van der Waals surface area contributed by atoms with E-state index in [9.17, 15) is 4.79 Å². The molecule has 3 rings (SSSR count). The number of para-hydroxylation sites is 1. The molecule has 6 heteroatoms. The summed E-state index contributed by atoms with van der Waals surface area (Å²) in [5.41, 5.74) is 5.47. The van der Waals surface area contributed by atoms with E-state index >= 15 is 0 Å². The maximum absolute atomic E-state index is 11.2. The second-order valence-corrected chi connectivity index (χ2v) is 5.71. The van der Waals surface area contributed by atoms with E-state index in [-0.39, 0.29) is 5.69 Å². The molecule has 0 radical (unpaired) electrons. The Hall–Kier alpha value is -2.63. The Morgan fingerprint density at radius 3 is 2.91 bits per heavy atom. The predicted octanol–water partition coefficient (Wildman–Crippen LogP) is 1.87. The van der Waals surface area contributed by atoms with Crippen molar-refractivity contribution in [3.8, 4) is 5.75 Å². The van der Waals surface area contributed by atoms with Crippen molar-refractivity contribution in [2.75, 3.05) is 24.6 Å². The fourth-order valence-electron chi connectivity index (χ4n) is 2.77. The summed E-state index contributed by atoms with van der Waals surface area (Å²) in [5, 5.41) is 0. The molecule has 1 atom stereocenters. The van der Waals surface area contributed by atoms with Gasteiger partial charge in [0.15, 0.2) is 0 Å². The van der Waals surface area contributed by atoms with E-state index in [0.717, 1.165) is 31.7 Å². The summed E-state index contributed by atoms with van der Waals surface area (Å²) in [6, 6.07) is 9.82. The van der Waals surface area contributed by atoms with Crippen LogP contribution in [0.1, 0.15) is 23.3 Å². The number of rotatable bonds is 5. The van der Waals surface area contributed by atoms with E-state index in [1.54, 1.807) is 6.20 Å². The number of amides is 1. The van der Waals surface area contributed by atoms with E-state index in [2.05, 4.69) is 14.9 Å². The van der Waals surface area contributed by atoms with Crippen molar-refractivity contribution in [2.24, 2.45) is 11.7 Å². The van der Waals surface area contributed by atoms with E-state index in [4.69, 9.17) is 10.5 Å². The first-order valence-electron chi connectivity index (χ1n) is 7.77. The molecule has 6 nitrogen and oxygen atoms in total. The number of hydrogen-bond donors (Lipinski definition) is 1. The van der Waals surface area contributed by atoms with E-state index in [1.165, 1.54) is 6.20 Å². The van der Waals surface area contributed by atoms with Crippen LogP contribution in [-0.4, -0.2) is 35.6 Å². The van der Waals surface area contributed by atoms with Gasteiger partial charge in [-0.05, 0) is 25.0 Å². The van der Waals surface area contributed by atoms with Gasteiger partial charge in [-0.25, -0.2) is 4.98 Å². The van der Waals surface area contributed by atoms with Crippen molar-refractivity contribution < 1.29 is 9.53 Å². The number of benzene rings is 1. The lowest BCUT2D eigenvalue weighted by Gasteiger charge is -2.33. The Morgan fingerprint density at radius 1 is 1.30 bits per heavy atom. The van der Waals surface area contributed by atoms with Crippen molar-refractivity contribution in [3.63, 3.8) is 0 Å². The van der Waals surface area contributed by atoms with Crippen LogP contribution in [-0.2, 0) is 0 Å². The number of carbonyl (C=O) groups is 1. The van der Waals surface area contributed by atoms with Crippen molar-refractivity contribution in [2.45, 2.75) is 12.8 Å². The highest BCUT2D eigenvalue weighted by Crippen LogP contribution is 2.22. The van der Waals surface area contributed by atoms with Crippen LogP contribution in [0.4, 0.5) is 5.82 Å². The topological polar surface area (TPSA) is 81.3 Å². The first kappa shape index (κ1) is 15.3. The van der Waals surface area contributed by atoms with Gasteiger partial charge in [0.05, 0.1) is 19.0 Å². The monoisotopic (exact) mass is 312 g/mol. The largest absolute Gasteiger partial charge is 0.493 e. The Balaban J connectivity index is 1.62. The molecule has 0 bridgehead atoms. The van der Waals surface area contributed by atoms with Gasteiger partial charge in [-0.2, -0.15) is 0 Å². The molecule has 2 N–H and O–H groups in total. The summed E-state index contributed by atoms with van der Waals surface area (Å²) in [5.74, 6) is 1.45. The lowest BCUT2D eigenvalue weighted by molar-refractivity contribution is 0.0995. The fourth-order valence-corrected chi connectivity index (χ4v) is 2.77. The maximum Gasteiger partial charge on any atom is 0.268 e. The van der Waals surface area contributed by atoms with Crippen molar-refractivity contribution in [1.82, 2.24) is 9.97 Å². The number of anilines is 1. The van der Waals surface area contributed by atoms with Crippen molar-refractivity contribution in [3.05, 3.63) is 48.4 Å². The average molecular weight is 312 g/mol. The first-order valence-corrected chi connectivity index (χ1v) is 7.77. The number of nitrogens with two attached hydrogens (primary N) is 1. The highest BCUT2D eigenvalue weighted by atomic mass is 16.5. The van der Waals surface area contributed by atoms with Crippen LogP contribution < -0.4 is 15.4 Å². The number of piperidine rings is 1. The van der Waals surface area contributed by atoms with Crippen LogP contribution in [0, 0.1) is 5.92 Å². The van der Waals surface area contributed by atoms with Crippen LogP contribution in [0.25, 0.3) is 0 Å². The zero-order chi connectivity index (χ0) is 16.1. The van der Waals surface area contributed by atoms with Gasteiger partial charge < -0.3 is 15.4 Å². The minimum Gasteiger partial charge on any atom is -0.493 e. The molecular weight excluding hydrogens is 292 g/mol. The molecule has 120 valence electrons. The molecule has 1 fully saturated rings. The highest BCUT2D eigenvalue weighted by Gasteiger charge is 2.22. The van der Waals surface area contributed by atoms with Gasteiger partial charge in [-0.1, -0.05) is 18.2 Å². The molecule has 0 aliphatic carbocycles. The van der Waals surface area contributed by atoms with Crippen molar-refractivity contribution in [1.29, 1.82) is 0 Å². The molecule has 1 saturated heterocycles. The molecule has 1 aromatic carbocycles. The summed E-state index contributed by atoms with van der Waals surface area (Å²) in [6.45, 7) is 2.41. The average Bonchev–Trinajstić information content (AvgIpc) is 2.61. The third kappa shape index (κ3) is 3.97. The smallest absolute Gasteiger partial charge is 0.268 e. The Bertz CT molecular complexity index is 663. The second kappa shape index (κ2) is 7.09. The summed E-state index contributed by atoms with van der Waals surface area (Å²) < 4.78 is 5.85. The fraction of sp³-hybridized carbons (Fsp3) is 0.353. The number of carbonyl (C=O) groups excluding carboxylic acids is 1. The van der Waals surface area contributed by atoms with E-state index in [1.807, 2.05) is 30.3 Å². The minimum absolute atomic E-state index is 0.199.